The van der Waals surface area contributed by atoms with Crippen molar-refractivity contribution < 1.29 is 4.92 Å². The van der Waals surface area contributed by atoms with Crippen LogP contribution < -0.4 is 10.6 Å². The molecule has 0 aliphatic carbocycles. The Hall–Kier alpha value is -1.21. The van der Waals surface area contributed by atoms with Crippen LogP contribution in [-0.4, -0.2) is 29.5 Å². The molecule has 1 aromatic heterocycles. The van der Waals surface area contributed by atoms with Crippen molar-refractivity contribution in [3.8, 4) is 0 Å². The molecule has 0 amide bonds. The Bertz CT molecular complexity index is 495. The van der Waals surface area contributed by atoms with E-state index in [1.54, 1.807) is 6.92 Å². The maximum atomic E-state index is 10.9. The SMILES string of the molecule is Cc1c([N+](=O)[O-])cnc(N2CCCC(CN)C2)c1Br. The fourth-order valence-electron chi connectivity index (χ4n) is 2.41. The van der Waals surface area contributed by atoms with Crippen LogP contribution in [0.5, 0.6) is 0 Å². The minimum absolute atomic E-state index is 0.0445. The van der Waals surface area contributed by atoms with Gasteiger partial charge in [-0.2, -0.15) is 0 Å². The molecule has 2 N–H and O–H groups in total. The molecule has 0 radical (unpaired) electrons. The summed E-state index contributed by atoms with van der Waals surface area (Å²) < 4.78 is 0.708. The summed E-state index contributed by atoms with van der Waals surface area (Å²) in [6.07, 6.45) is 3.55. The predicted octanol–water partition coefficient (Wildman–Crippen LogP) is 2.24. The van der Waals surface area contributed by atoms with Crippen molar-refractivity contribution in [2.24, 2.45) is 11.7 Å². The first-order valence-electron chi connectivity index (χ1n) is 6.29. The molecule has 7 heteroatoms. The highest BCUT2D eigenvalue weighted by atomic mass is 79.9. The summed E-state index contributed by atoms with van der Waals surface area (Å²) in [6.45, 7) is 4.18. The second kappa shape index (κ2) is 5.83. The van der Waals surface area contributed by atoms with Gasteiger partial charge < -0.3 is 10.6 Å². The largest absolute Gasteiger partial charge is 0.355 e. The highest BCUT2D eigenvalue weighted by Gasteiger charge is 2.24. The van der Waals surface area contributed by atoms with Crippen LogP contribution in [0.25, 0.3) is 0 Å². The molecule has 2 rings (SSSR count). The zero-order chi connectivity index (χ0) is 14.0. The normalized spacial score (nSPS) is 19.5. The molecule has 1 aromatic rings. The summed E-state index contributed by atoms with van der Waals surface area (Å²) in [5.41, 5.74) is 6.39. The molecule has 0 saturated carbocycles. The third kappa shape index (κ3) is 2.87. The molecule has 1 atom stereocenters. The Labute approximate surface area is 120 Å². The lowest BCUT2D eigenvalue weighted by Crippen LogP contribution is -2.39. The van der Waals surface area contributed by atoms with Gasteiger partial charge in [-0.05, 0) is 48.2 Å². The van der Waals surface area contributed by atoms with Gasteiger partial charge in [-0.25, -0.2) is 4.98 Å². The van der Waals surface area contributed by atoms with Crippen molar-refractivity contribution in [2.75, 3.05) is 24.5 Å². The quantitative estimate of drug-likeness (QED) is 0.679. The van der Waals surface area contributed by atoms with Crippen LogP contribution in [0.15, 0.2) is 10.7 Å². The van der Waals surface area contributed by atoms with Gasteiger partial charge in [0.25, 0.3) is 5.69 Å². The molecular formula is C12H17BrN4O2. The van der Waals surface area contributed by atoms with Crippen LogP contribution in [0.3, 0.4) is 0 Å². The summed E-state index contributed by atoms with van der Waals surface area (Å²) in [7, 11) is 0. The van der Waals surface area contributed by atoms with Crippen LogP contribution in [0.4, 0.5) is 11.5 Å². The van der Waals surface area contributed by atoms with Crippen LogP contribution in [0.1, 0.15) is 18.4 Å². The van der Waals surface area contributed by atoms with Gasteiger partial charge >= 0.3 is 0 Å². The number of pyridine rings is 1. The molecule has 1 saturated heterocycles. The minimum Gasteiger partial charge on any atom is -0.355 e. The number of aromatic nitrogens is 1. The van der Waals surface area contributed by atoms with Crippen LogP contribution in [0.2, 0.25) is 0 Å². The van der Waals surface area contributed by atoms with Crippen molar-refractivity contribution in [1.29, 1.82) is 0 Å². The molecule has 1 unspecified atom stereocenters. The van der Waals surface area contributed by atoms with Gasteiger partial charge in [0, 0.05) is 18.7 Å². The lowest BCUT2D eigenvalue weighted by Gasteiger charge is -2.33. The number of anilines is 1. The first kappa shape index (κ1) is 14.2. The third-order valence-electron chi connectivity index (χ3n) is 3.57. The van der Waals surface area contributed by atoms with Gasteiger partial charge in [0.2, 0.25) is 0 Å². The van der Waals surface area contributed by atoms with E-state index in [-0.39, 0.29) is 5.69 Å². The fourth-order valence-corrected chi connectivity index (χ4v) is 2.97. The standard InChI is InChI=1S/C12H17BrN4O2/c1-8-10(17(18)19)6-15-12(11(8)13)16-4-2-3-9(5-14)7-16/h6,9H,2-5,7,14H2,1H3. The van der Waals surface area contributed by atoms with E-state index in [1.165, 1.54) is 6.20 Å². The van der Waals surface area contributed by atoms with E-state index in [0.29, 0.717) is 22.5 Å². The Morgan fingerprint density at radius 2 is 2.42 bits per heavy atom. The summed E-state index contributed by atoms with van der Waals surface area (Å²) in [5.74, 6) is 1.25. The molecule has 1 aliphatic heterocycles. The summed E-state index contributed by atoms with van der Waals surface area (Å²) in [5, 5.41) is 10.9. The molecule has 104 valence electrons. The summed E-state index contributed by atoms with van der Waals surface area (Å²) in [4.78, 5) is 16.9. The topological polar surface area (TPSA) is 85.3 Å². The molecule has 6 nitrogen and oxygen atoms in total. The number of hydrogen-bond donors (Lipinski definition) is 1. The fraction of sp³-hybridized carbons (Fsp3) is 0.583. The maximum Gasteiger partial charge on any atom is 0.291 e. The van der Waals surface area contributed by atoms with E-state index in [0.717, 1.165) is 31.7 Å². The van der Waals surface area contributed by atoms with E-state index in [9.17, 15) is 10.1 Å². The summed E-state index contributed by atoms with van der Waals surface area (Å²) >= 11 is 3.44. The van der Waals surface area contributed by atoms with E-state index in [4.69, 9.17) is 5.73 Å². The van der Waals surface area contributed by atoms with E-state index in [1.807, 2.05) is 0 Å². The van der Waals surface area contributed by atoms with E-state index in [2.05, 4.69) is 25.8 Å². The van der Waals surface area contributed by atoms with Gasteiger partial charge in [-0.3, -0.25) is 10.1 Å². The Morgan fingerprint density at radius 3 is 3.05 bits per heavy atom. The molecule has 1 fully saturated rings. The van der Waals surface area contributed by atoms with Crippen molar-refractivity contribution in [2.45, 2.75) is 19.8 Å². The average Bonchev–Trinajstić information content (AvgIpc) is 2.41. The molecule has 1 aliphatic rings. The predicted molar refractivity (Wildman–Crippen MR) is 77.3 cm³/mol. The smallest absolute Gasteiger partial charge is 0.291 e. The second-order valence-electron chi connectivity index (χ2n) is 4.85. The van der Waals surface area contributed by atoms with Crippen molar-refractivity contribution in [1.82, 2.24) is 4.98 Å². The van der Waals surface area contributed by atoms with Crippen molar-refractivity contribution >= 4 is 27.4 Å². The zero-order valence-electron chi connectivity index (χ0n) is 10.8. The molecule has 19 heavy (non-hydrogen) atoms. The van der Waals surface area contributed by atoms with E-state index < -0.39 is 4.92 Å². The highest BCUT2D eigenvalue weighted by molar-refractivity contribution is 9.10. The van der Waals surface area contributed by atoms with Crippen LogP contribution >= 0.6 is 15.9 Å². The molecule has 0 bridgehead atoms. The Kier molecular flexibility index (Phi) is 4.36. The third-order valence-corrected chi connectivity index (χ3v) is 4.52. The van der Waals surface area contributed by atoms with Gasteiger partial charge in [0.05, 0.1) is 9.40 Å². The van der Waals surface area contributed by atoms with Crippen LogP contribution in [-0.2, 0) is 0 Å². The number of halogens is 1. The Balaban J connectivity index is 2.30. The number of nitrogens with two attached hydrogens (primary N) is 1. The van der Waals surface area contributed by atoms with Gasteiger partial charge in [-0.1, -0.05) is 0 Å². The molecule has 0 spiro atoms. The van der Waals surface area contributed by atoms with Gasteiger partial charge in [-0.15, -0.1) is 0 Å². The number of nitrogens with zero attached hydrogens (tertiary/aromatic N) is 3. The first-order chi connectivity index (χ1) is 9.04. The Morgan fingerprint density at radius 1 is 1.68 bits per heavy atom. The number of piperidine rings is 1. The second-order valence-corrected chi connectivity index (χ2v) is 5.65. The zero-order valence-corrected chi connectivity index (χ0v) is 12.4. The monoisotopic (exact) mass is 328 g/mol. The minimum atomic E-state index is -0.407. The number of rotatable bonds is 3. The first-order valence-corrected chi connectivity index (χ1v) is 7.08. The molecule has 2 heterocycles. The lowest BCUT2D eigenvalue weighted by molar-refractivity contribution is -0.385. The number of nitro groups is 1. The number of hydrogen-bond acceptors (Lipinski definition) is 5. The van der Waals surface area contributed by atoms with Crippen molar-refractivity contribution in [3.05, 3.63) is 26.3 Å². The average molecular weight is 329 g/mol. The van der Waals surface area contributed by atoms with Gasteiger partial charge in [0.1, 0.15) is 12.0 Å². The van der Waals surface area contributed by atoms with Crippen LogP contribution in [0, 0.1) is 23.0 Å². The summed E-state index contributed by atoms with van der Waals surface area (Å²) in [6, 6.07) is 0. The van der Waals surface area contributed by atoms with E-state index >= 15 is 0 Å². The van der Waals surface area contributed by atoms with Gasteiger partial charge in [0.15, 0.2) is 0 Å². The highest BCUT2D eigenvalue weighted by Crippen LogP contribution is 2.34. The molecule has 0 aromatic carbocycles. The lowest BCUT2D eigenvalue weighted by atomic mass is 9.98. The maximum absolute atomic E-state index is 10.9. The van der Waals surface area contributed by atoms with Crippen molar-refractivity contribution in [3.63, 3.8) is 0 Å². The molecular weight excluding hydrogens is 312 g/mol.